The van der Waals surface area contributed by atoms with Crippen molar-refractivity contribution in [3.63, 3.8) is 0 Å². The number of carbonyl (C=O) groups is 1. The summed E-state index contributed by atoms with van der Waals surface area (Å²) in [6.07, 6.45) is 31.2. The van der Waals surface area contributed by atoms with E-state index >= 15 is 0 Å². The Morgan fingerprint density at radius 2 is 1.39 bits per heavy atom. The van der Waals surface area contributed by atoms with E-state index in [0.717, 1.165) is 18.7 Å². The maximum absolute atomic E-state index is 11.3. The minimum Gasteiger partial charge on any atom is -0.477 e. The number of quaternary nitrogens is 1. The summed E-state index contributed by atoms with van der Waals surface area (Å²) in [7, 11) is 0. The van der Waals surface area contributed by atoms with Crippen molar-refractivity contribution in [2.45, 2.75) is 136 Å². The fourth-order valence-electron chi connectivity index (χ4n) is 4.65. The van der Waals surface area contributed by atoms with Crippen LogP contribution in [0.15, 0.2) is 29.5 Å². The minimum absolute atomic E-state index is 0.0259. The predicted molar refractivity (Wildman–Crippen MR) is 141 cm³/mol. The fourth-order valence-corrected chi connectivity index (χ4v) is 4.65. The first-order chi connectivity index (χ1) is 16.0. The molecule has 5 nitrogen and oxygen atoms in total. The molecule has 1 rings (SSSR count). The lowest BCUT2D eigenvalue weighted by molar-refractivity contribution is -0.805. The van der Waals surface area contributed by atoms with Gasteiger partial charge in [0, 0.05) is 13.3 Å². The molecule has 33 heavy (non-hydrogen) atoms. The monoisotopic (exact) mass is 462 g/mol. The number of nitrogens with zero attached hydrogens (tertiary/aromatic N) is 2. The van der Waals surface area contributed by atoms with Crippen molar-refractivity contribution in [2.75, 3.05) is 6.54 Å². The zero-order valence-corrected chi connectivity index (χ0v) is 21.6. The van der Waals surface area contributed by atoms with Crippen LogP contribution in [0.1, 0.15) is 129 Å². The molecule has 5 heteroatoms. The standard InChI is InChI=1S/C28H51N3O2/c1-3-4-5-6-7-8-9-10-11-12-13-14-15-16-17-18-19-20-21-22-27-30-23-24-31(27,26(2)29)25-28(32)33/h10-11,23-24,26H,3-9,12-22,25,29H2,1-2H3/p+1/b11-10+. The van der Waals surface area contributed by atoms with Gasteiger partial charge in [-0.3, -0.25) is 5.73 Å². The van der Waals surface area contributed by atoms with Gasteiger partial charge in [-0.2, -0.15) is 0 Å². The maximum atomic E-state index is 11.3. The highest BCUT2D eigenvalue weighted by Gasteiger charge is 2.40. The Labute approximate surface area is 203 Å². The Morgan fingerprint density at radius 3 is 1.88 bits per heavy atom. The van der Waals surface area contributed by atoms with Gasteiger partial charge in [-0.05, 0) is 32.1 Å². The molecule has 1 aliphatic rings. The molecule has 0 aromatic heterocycles. The Hall–Kier alpha value is -1.46. The van der Waals surface area contributed by atoms with Crippen LogP contribution in [0.25, 0.3) is 0 Å². The smallest absolute Gasteiger partial charge is 0.360 e. The molecule has 0 aliphatic carbocycles. The third-order valence-corrected chi connectivity index (χ3v) is 6.82. The molecule has 190 valence electrons. The SMILES string of the molecule is CCCCCCCC/C=C/CCCCCCCCCCCC1=NC=C[N+]1(CC(=O)O)C(C)N. The number of allylic oxidation sites excluding steroid dienone is 2. The molecular formula is C28H52N3O2+. The molecular weight excluding hydrogens is 410 g/mol. The van der Waals surface area contributed by atoms with Gasteiger partial charge in [-0.1, -0.05) is 96.1 Å². The van der Waals surface area contributed by atoms with Crippen LogP contribution in [-0.4, -0.2) is 34.1 Å². The summed E-state index contributed by atoms with van der Waals surface area (Å²) >= 11 is 0. The summed E-state index contributed by atoms with van der Waals surface area (Å²) in [6.45, 7) is 4.11. The summed E-state index contributed by atoms with van der Waals surface area (Å²) < 4.78 is 0.170. The number of aliphatic carboxylic acids is 1. The number of nitrogens with two attached hydrogens (primary N) is 1. The highest BCUT2D eigenvalue weighted by molar-refractivity contribution is 5.81. The number of hydrogen-bond acceptors (Lipinski definition) is 3. The van der Waals surface area contributed by atoms with E-state index in [1.807, 2.05) is 13.1 Å². The molecule has 3 N–H and O–H groups in total. The summed E-state index contributed by atoms with van der Waals surface area (Å²) in [4.78, 5) is 15.7. The van der Waals surface area contributed by atoms with Crippen molar-refractivity contribution in [1.82, 2.24) is 0 Å². The summed E-state index contributed by atoms with van der Waals surface area (Å²) in [5.41, 5.74) is 6.12. The fraction of sp³-hybridized carbons (Fsp3) is 0.786. The second-order valence-electron chi connectivity index (χ2n) is 9.81. The Morgan fingerprint density at radius 1 is 0.909 bits per heavy atom. The third-order valence-electron chi connectivity index (χ3n) is 6.82. The number of unbranched alkanes of at least 4 members (excludes halogenated alkanes) is 15. The number of hydrogen-bond donors (Lipinski definition) is 2. The Balaban J connectivity index is 1.93. The molecule has 0 radical (unpaired) electrons. The van der Waals surface area contributed by atoms with E-state index in [4.69, 9.17) is 5.73 Å². The van der Waals surface area contributed by atoms with E-state index in [9.17, 15) is 9.90 Å². The van der Waals surface area contributed by atoms with Crippen LogP contribution in [0.5, 0.6) is 0 Å². The summed E-state index contributed by atoms with van der Waals surface area (Å²) in [5.74, 6) is 0.0594. The summed E-state index contributed by atoms with van der Waals surface area (Å²) in [5, 5.41) is 9.28. The largest absolute Gasteiger partial charge is 0.477 e. The van der Waals surface area contributed by atoms with Gasteiger partial charge >= 0.3 is 5.97 Å². The lowest BCUT2D eigenvalue weighted by atomic mass is 10.0. The molecule has 0 saturated heterocycles. The number of rotatable bonds is 22. The van der Waals surface area contributed by atoms with Gasteiger partial charge in [-0.25, -0.2) is 14.3 Å². The molecule has 0 amide bonds. The zero-order chi connectivity index (χ0) is 24.2. The highest BCUT2D eigenvalue weighted by atomic mass is 16.4. The molecule has 2 atom stereocenters. The van der Waals surface area contributed by atoms with Gasteiger partial charge < -0.3 is 5.11 Å². The van der Waals surface area contributed by atoms with Crippen LogP contribution in [0.4, 0.5) is 0 Å². The lowest BCUT2D eigenvalue weighted by Crippen LogP contribution is -2.59. The van der Waals surface area contributed by atoms with E-state index in [1.54, 1.807) is 6.20 Å². The minimum atomic E-state index is -0.837. The van der Waals surface area contributed by atoms with Gasteiger partial charge in [-0.15, -0.1) is 0 Å². The number of carboxylic acids is 1. The quantitative estimate of drug-likeness (QED) is 0.0984. The third kappa shape index (κ3) is 13.1. The van der Waals surface area contributed by atoms with Crippen LogP contribution in [0.2, 0.25) is 0 Å². The maximum Gasteiger partial charge on any atom is 0.360 e. The lowest BCUT2D eigenvalue weighted by Gasteiger charge is -2.34. The van der Waals surface area contributed by atoms with Gasteiger partial charge in [0.05, 0.1) is 6.20 Å². The van der Waals surface area contributed by atoms with Crippen LogP contribution in [0, 0.1) is 0 Å². The van der Waals surface area contributed by atoms with Crippen LogP contribution in [-0.2, 0) is 4.79 Å². The first kappa shape index (κ1) is 29.6. The molecule has 1 heterocycles. The first-order valence-electron chi connectivity index (χ1n) is 13.8. The average Bonchev–Trinajstić information content (AvgIpc) is 3.18. The molecule has 0 aromatic carbocycles. The normalized spacial score (nSPS) is 18.8. The molecule has 0 fully saturated rings. The zero-order valence-electron chi connectivity index (χ0n) is 21.6. The first-order valence-corrected chi connectivity index (χ1v) is 13.8. The van der Waals surface area contributed by atoms with Gasteiger partial charge in [0.25, 0.3) is 0 Å². The number of aliphatic imine (C=N–C) groups is 1. The highest BCUT2D eigenvalue weighted by Crippen LogP contribution is 2.23. The van der Waals surface area contributed by atoms with E-state index in [1.165, 1.54) is 103 Å². The molecule has 0 aromatic rings. The van der Waals surface area contributed by atoms with Crippen LogP contribution < -0.4 is 5.73 Å². The molecule has 0 bridgehead atoms. The Kier molecular flexibility index (Phi) is 16.9. The van der Waals surface area contributed by atoms with E-state index in [2.05, 4.69) is 24.1 Å². The van der Waals surface area contributed by atoms with Gasteiger partial charge in [0.15, 0.2) is 6.54 Å². The Bertz CT molecular complexity index is 598. The second-order valence-corrected chi connectivity index (χ2v) is 9.81. The molecule has 0 saturated carbocycles. The van der Waals surface area contributed by atoms with E-state index < -0.39 is 5.97 Å². The number of carboxylic acid groups (broad SMARTS) is 1. The average molecular weight is 463 g/mol. The van der Waals surface area contributed by atoms with E-state index in [0.29, 0.717) is 0 Å². The second kappa shape index (κ2) is 18.9. The van der Waals surface area contributed by atoms with Crippen molar-refractivity contribution >= 4 is 11.8 Å². The number of amidine groups is 1. The van der Waals surface area contributed by atoms with Crippen molar-refractivity contribution in [3.8, 4) is 0 Å². The molecule has 0 spiro atoms. The summed E-state index contributed by atoms with van der Waals surface area (Å²) in [6, 6.07) is 0. The van der Waals surface area contributed by atoms with Crippen molar-refractivity contribution in [2.24, 2.45) is 10.7 Å². The van der Waals surface area contributed by atoms with Crippen molar-refractivity contribution < 1.29 is 14.4 Å². The van der Waals surface area contributed by atoms with Crippen LogP contribution >= 0.6 is 0 Å². The molecule has 2 unspecified atom stereocenters. The van der Waals surface area contributed by atoms with Crippen molar-refractivity contribution in [1.29, 1.82) is 0 Å². The van der Waals surface area contributed by atoms with Crippen molar-refractivity contribution in [3.05, 3.63) is 24.6 Å². The predicted octanol–water partition coefficient (Wildman–Crippen LogP) is 7.67. The van der Waals surface area contributed by atoms with Crippen LogP contribution in [0.3, 0.4) is 0 Å². The van der Waals surface area contributed by atoms with E-state index in [-0.39, 0.29) is 17.2 Å². The van der Waals surface area contributed by atoms with Gasteiger partial charge in [0.2, 0.25) is 5.84 Å². The topological polar surface area (TPSA) is 75.7 Å². The molecule has 1 aliphatic heterocycles. The van der Waals surface area contributed by atoms with Gasteiger partial charge in [0.1, 0.15) is 12.4 Å².